The third kappa shape index (κ3) is 2.94. The van der Waals surface area contributed by atoms with Gasteiger partial charge >= 0.3 is 0 Å². The Morgan fingerprint density at radius 2 is 2.29 bits per heavy atom. The number of aromatic amines is 1. The van der Waals surface area contributed by atoms with Crippen molar-refractivity contribution in [2.45, 2.75) is 32.6 Å². The maximum absolute atomic E-state index is 11.6. The number of amides is 1. The van der Waals surface area contributed by atoms with Crippen LogP contribution in [0.3, 0.4) is 0 Å². The quantitative estimate of drug-likeness (QED) is 0.914. The standard InChI is InChI=1S/C15H19N5O/c1-10-18-13(8-14(19-10)15-16-5-6-17-15)12-4-3-7-20(9-12)11(2)21/h5-6,8,12H,3-4,7,9H2,1-2H3,(H,16,17)/t12-/m1/s1. The fourth-order valence-electron chi connectivity index (χ4n) is 2.83. The third-order valence-electron chi connectivity index (χ3n) is 3.88. The molecule has 2 aromatic heterocycles. The van der Waals surface area contributed by atoms with Crippen molar-refractivity contribution in [3.05, 3.63) is 30.0 Å². The summed E-state index contributed by atoms with van der Waals surface area (Å²) in [6, 6.07) is 1.99. The van der Waals surface area contributed by atoms with E-state index in [-0.39, 0.29) is 11.8 Å². The molecule has 0 radical (unpaired) electrons. The number of imidazole rings is 1. The number of aryl methyl sites for hydroxylation is 1. The van der Waals surface area contributed by atoms with Gasteiger partial charge in [-0.15, -0.1) is 0 Å². The van der Waals surface area contributed by atoms with Gasteiger partial charge in [0.15, 0.2) is 5.82 Å². The van der Waals surface area contributed by atoms with E-state index in [0.29, 0.717) is 0 Å². The molecular weight excluding hydrogens is 266 g/mol. The second-order valence-electron chi connectivity index (χ2n) is 5.47. The average molecular weight is 285 g/mol. The van der Waals surface area contributed by atoms with Gasteiger partial charge < -0.3 is 9.88 Å². The van der Waals surface area contributed by atoms with E-state index in [4.69, 9.17) is 0 Å². The van der Waals surface area contributed by atoms with Crippen molar-refractivity contribution in [3.8, 4) is 11.5 Å². The number of rotatable bonds is 2. The minimum Gasteiger partial charge on any atom is -0.343 e. The van der Waals surface area contributed by atoms with Gasteiger partial charge in [0, 0.05) is 44.0 Å². The monoisotopic (exact) mass is 285 g/mol. The molecule has 0 bridgehead atoms. The van der Waals surface area contributed by atoms with Gasteiger partial charge in [-0.05, 0) is 25.8 Å². The Balaban J connectivity index is 1.90. The molecule has 0 spiro atoms. The Bertz CT molecular complexity index is 638. The van der Waals surface area contributed by atoms with Crippen LogP contribution in [0.2, 0.25) is 0 Å². The van der Waals surface area contributed by atoms with E-state index in [2.05, 4.69) is 19.9 Å². The summed E-state index contributed by atoms with van der Waals surface area (Å²) in [4.78, 5) is 29.8. The molecule has 110 valence electrons. The van der Waals surface area contributed by atoms with Crippen LogP contribution in [0.5, 0.6) is 0 Å². The summed E-state index contributed by atoms with van der Waals surface area (Å²) >= 11 is 0. The van der Waals surface area contributed by atoms with E-state index >= 15 is 0 Å². The largest absolute Gasteiger partial charge is 0.343 e. The first-order chi connectivity index (χ1) is 10.1. The van der Waals surface area contributed by atoms with Gasteiger partial charge in [0.1, 0.15) is 11.5 Å². The first-order valence-corrected chi connectivity index (χ1v) is 7.24. The van der Waals surface area contributed by atoms with E-state index in [9.17, 15) is 4.79 Å². The van der Waals surface area contributed by atoms with Crippen LogP contribution >= 0.6 is 0 Å². The van der Waals surface area contributed by atoms with Crippen LogP contribution in [0.25, 0.3) is 11.5 Å². The van der Waals surface area contributed by atoms with E-state index in [1.165, 1.54) is 0 Å². The molecule has 0 saturated carbocycles. The molecule has 1 fully saturated rings. The van der Waals surface area contributed by atoms with E-state index < -0.39 is 0 Å². The highest BCUT2D eigenvalue weighted by atomic mass is 16.2. The zero-order valence-electron chi connectivity index (χ0n) is 12.3. The first-order valence-electron chi connectivity index (χ1n) is 7.24. The Morgan fingerprint density at radius 1 is 1.43 bits per heavy atom. The smallest absolute Gasteiger partial charge is 0.219 e. The maximum Gasteiger partial charge on any atom is 0.219 e. The van der Waals surface area contributed by atoms with Crippen molar-refractivity contribution in [3.63, 3.8) is 0 Å². The summed E-state index contributed by atoms with van der Waals surface area (Å²) in [5.41, 5.74) is 1.81. The van der Waals surface area contributed by atoms with Gasteiger partial charge in [-0.3, -0.25) is 4.79 Å². The van der Waals surface area contributed by atoms with Crippen LogP contribution in [0.4, 0.5) is 0 Å². The molecule has 1 aliphatic heterocycles. The van der Waals surface area contributed by atoms with Gasteiger partial charge in [0.05, 0.1) is 0 Å². The number of piperidine rings is 1. The Labute approximate surface area is 123 Å². The number of H-pyrrole nitrogens is 1. The van der Waals surface area contributed by atoms with Crippen molar-refractivity contribution in [2.24, 2.45) is 0 Å². The molecule has 2 aromatic rings. The number of carbonyl (C=O) groups excluding carboxylic acids is 1. The molecule has 0 aromatic carbocycles. The van der Waals surface area contributed by atoms with Crippen LogP contribution in [0, 0.1) is 6.92 Å². The zero-order chi connectivity index (χ0) is 14.8. The van der Waals surface area contributed by atoms with Crippen molar-refractivity contribution in [1.82, 2.24) is 24.8 Å². The molecule has 1 N–H and O–H groups in total. The average Bonchev–Trinajstić information content (AvgIpc) is 3.01. The van der Waals surface area contributed by atoms with Crippen LogP contribution < -0.4 is 0 Å². The second-order valence-corrected chi connectivity index (χ2v) is 5.47. The first kappa shape index (κ1) is 13.7. The molecule has 0 unspecified atom stereocenters. The molecule has 1 aliphatic rings. The predicted octanol–water partition coefficient (Wildman–Crippen LogP) is 1.90. The normalized spacial score (nSPS) is 18.8. The highest BCUT2D eigenvalue weighted by Crippen LogP contribution is 2.27. The number of hydrogen-bond acceptors (Lipinski definition) is 4. The number of nitrogens with one attached hydrogen (secondary N) is 1. The number of nitrogens with zero attached hydrogens (tertiary/aromatic N) is 4. The van der Waals surface area contributed by atoms with Gasteiger partial charge in [-0.1, -0.05) is 0 Å². The number of aromatic nitrogens is 4. The third-order valence-corrected chi connectivity index (χ3v) is 3.88. The fourth-order valence-corrected chi connectivity index (χ4v) is 2.83. The lowest BCUT2D eigenvalue weighted by Crippen LogP contribution is -2.37. The topological polar surface area (TPSA) is 74.8 Å². The lowest BCUT2D eigenvalue weighted by molar-refractivity contribution is -0.130. The van der Waals surface area contributed by atoms with Crippen LogP contribution in [0.1, 0.15) is 37.2 Å². The SMILES string of the molecule is CC(=O)N1CCC[C@@H](c2cc(-c3ncc[nH]3)nc(C)n2)C1. The summed E-state index contributed by atoms with van der Waals surface area (Å²) in [6.45, 7) is 5.10. The van der Waals surface area contributed by atoms with Gasteiger partial charge in [-0.2, -0.15) is 0 Å². The highest BCUT2D eigenvalue weighted by molar-refractivity contribution is 5.73. The van der Waals surface area contributed by atoms with Crippen molar-refractivity contribution in [1.29, 1.82) is 0 Å². The molecule has 6 heteroatoms. The Kier molecular flexibility index (Phi) is 3.68. The predicted molar refractivity (Wildman–Crippen MR) is 78.6 cm³/mol. The molecule has 1 saturated heterocycles. The summed E-state index contributed by atoms with van der Waals surface area (Å²) in [6.07, 6.45) is 5.57. The minimum atomic E-state index is 0.136. The second kappa shape index (κ2) is 5.63. The van der Waals surface area contributed by atoms with Crippen LogP contribution in [-0.2, 0) is 4.79 Å². The zero-order valence-corrected chi connectivity index (χ0v) is 12.3. The van der Waals surface area contributed by atoms with Crippen LogP contribution in [0.15, 0.2) is 18.5 Å². The Morgan fingerprint density at radius 3 is 3.00 bits per heavy atom. The fraction of sp³-hybridized carbons (Fsp3) is 0.467. The van der Waals surface area contributed by atoms with Crippen molar-refractivity contribution < 1.29 is 4.79 Å². The van der Waals surface area contributed by atoms with E-state index in [1.807, 2.05) is 17.9 Å². The number of likely N-dealkylation sites (tertiary alicyclic amines) is 1. The molecule has 3 heterocycles. The maximum atomic E-state index is 11.6. The van der Waals surface area contributed by atoms with E-state index in [0.717, 1.165) is 49.0 Å². The van der Waals surface area contributed by atoms with E-state index in [1.54, 1.807) is 19.3 Å². The summed E-state index contributed by atoms with van der Waals surface area (Å²) < 4.78 is 0. The summed E-state index contributed by atoms with van der Waals surface area (Å²) in [7, 11) is 0. The lowest BCUT2D eigenvalue weighted by atomic mass is 9.94. The van der Waals surface area contributed by atoms with Crippen LogP contribution in [-0.4, -0.2) is 43.8 Å². The molecule has 21 heavy (non-hydrogen) atoms. The lowest BCUT2D eigenvalue weighted by Gasteiger charge is -2.31. The van der Waals surface area contributed by atoms with Gasteiger partial charge in [0.25, 0.3) is 0 Å². The van der Waals surface area contributed by atoms with Gasteiger partial charge in [-0.25, -0.2) is 15.0 Å². The summed E-state index contributed by atoms with van der Waals surface area (Å²) in [5, 5.41) is 0. The molecule has 1 amide bonds. The summed E-state index contributed by atoms with van der Waals surface area (Å²) in [5.74, 6) is 1.90. The highest BCUT2D eigenvalue weighted by Gasteiger charge is 2.24. The van der Waals surface area contributed by atoms with Crippen molar-refractivity contribution in [2.75, 3.05) is 13.1 Å². The molecular formula is C15H19N5O. The molecule has 6 nitrogen and oxygen atoms in total. The van der Waals surface area contributed by atoms with Crippen molar-refractivity contribution >= 4 is 5.91 Å². The molecule has 0 aliphatic carbocycles. The van der Waals surface area contributed by atoms with Gasteiger partial charge in [0.2, 0.25) is 5.91 Å². The number of carbonyl (C=O) groups is 1. The minimum absolute atomic E-state index is 0.136. The Hall–Kier alpha value is -2.24. The number of hydrogen-bond donors (Lipinski definition) is 1. The molecule has 3 rings (SSSR count). The molecule has 1 atom stereocenters.